The minimum absolute atomic E-state index is 0.160. The fourth-order valence-corrected chi connectivity index (χ4v) is 0.837. The quantitative estimate of drug-likeness (QED) is 0.727. The highest BCUT2D eigenvalue weighted by atomic mass is 16.1. The highest BCUT2D eigenvalue weighted by molar-refractivity contribution is 5.99. The van der Waals surface area contributed by atoms with Gasteiger partial charge in [0.05, 0.1) is 11.9 Å². The van der Waals surface area contributed by atoms with Crippen molar-refractivity contribution >= 4 is 11.6 Å². The Kier molecular flexibility index (Phi) is 3.67. The molecule has 0 spiro atoms. The molecule has 0 radical (unpaired) electrons. The summed E-state index contributed by atoms with van der Waals surface area (Å²) in [6.07, 6.45) is 6.41. The van der Waals surface area contributed by atoms with Crippen molar-refractivity contribution in [3.05, 3.63) is 36.8 Å². The first kappa shape index (κ1) is 10.2. The zero-order valence-corrected chi connectivity index (χ0v) is 8.27. The molecule has 4 nitrogen and oxygen atoms in total. The lowest BCUT2D eigenvalue weighted by Gasteiger charge is -2.03. The van der Waals surface area contributed by atoms with E-state index in [1.54, 1.807) is 35.6 Å². The van der Waals surface area contributed by atoms with Gasteiger partial charge in [-0.3, -0.25) is 9.78 Å². The number of pyridine rings is 1. The Labute approximate surface area is 83.3 Å². The molecule has 0 aromatic carbocycles. The van der Waals surface area contributed by atoms with Crippen LogP contribution in [0.25, 0.3) is 0 Å². The molecule has 0 fully saturated rings. The van der Waals surface area contributed by atoms with Gasteiger partial charge in [0.25, 0.3) is 0 Å². The van der Waals surface area contributed by atoms with E-state index in [1.807, 2.05) is 14.1 Å². The summed E-state index contributed by atoms with van der Waals surface area (Å²) in [5.74, 6) is -0.160. The van der Waals surface area contributed by atoms with Crippen molar-refractivity contribution in [3.63, 3.8) is 0 Å². The number of aromatic nitrogens is 1. The summed E-state index contributed by atoms with van der Waals surface area (Å²) in [5, 5.41) is 2.68. The first-order chi connectivity index (χ1) is 6.68. The van der Waals surface area contributed by atoms with Crippen molar-refractivity contribution in [2.24, 2.45) is 0 Å². The average molecular weight is 191 g/mol. The number of nitrogens with one attached hydrogen (secondary N) is 1. The second-order valence-electron chi connectivity index (χ2n) is 3.01. The van der Waals surface area contributed by atoms with Crippen molar-refractivity contribution in [3.8, 4) is 0 Å². The molecule has 1 amide bonds. The van der Waals surface area contributed by atoms with Gasteiger partial charge in [0, 0.05) is 32.6 Å². The summed E-state index contributed by atoms with van der Waals surface area (Å²) < 4.78 is 0. The third-order valence-electron chi connectivity index (χ3n) is 1.45. The van der Waals surface area contributed by atoms with Crippen LogP contribution in [-0.4, -0.2) is 29.9 Å². The normalized spacial score (nSPS) is 10.1. The zero-order valence-electron chi connectivity index (χ0n) is 8.27. The van der Waals surface area contributed by atoms with E-state index in [1.165, 1.54) is 6.08 Å². The maximum atomic E-state index is 11.3. The molecule has 1 heterocycles. The second kappa shape index (κ2) is 5.01. The molecule has 0 unspecified atom stereocenters. The molecule has 74 valence electrons. The number of nitrogens with zero attached hydrogens (tertiary/aromatic N) is 2. The Balaban J connectivity index is 2.50. The summed E-state index contributed by atoms with van der Waals surface area (Å²) in [6, 6.07) is 3.56. The molecule has 0 saturated carbocycles. The maximum Gasteiger partial charge on any atom is 0.249 e. The highest BCUT2D eigenvalue weighted by Gasteiger charge is 1.95. The molecule has 0 aliphatic heterocycles. The fraction of sp³-hybridized carbons (Fsp3) is 0.200. The van der Waals surface area contributed by atoms with Crippen molar-refractivity contribution < 1.29 is 4.79 Å². The summed E-state index contributed by atoms with van der Waals surface area (Å²) >= 11 is 0. The van der Waals surface area contributed by atoms with Gasteiger partial charge in [-0.15, -0.1) is 0 Å². The van der Waals surface area contributed by atoms with E-state index >= 15 is 0 Å². The van der Waals surface area contributed by atoms with Crippen LogP contribution in [0.4, 0.5) is 5.69 Å². The van der Waals surface area contributed by atoms with Crippen molar-refractivity contribution in [2.75, 3.05) is 19.4 Å². The average Bonchev–Trinajstić information content (AvgIpc) is 2.16. The summed E-state index contributed by atoms with van der Waals surface area (Å²) in [5.41, 5.74) is 0.695. The smallest absolute Gasteiger partial charge is 0.249 e. The van der Waals surface area contributed by atoms with E-state index in [0.29, 0.717) is 5.69 Å². The fourth-order valence-electron chi connectivity index (χ4n) is 0.837. The van der Waals surface area contributed by atoms with E-state index in [0.717, 1.165) is 0 Å². The summed E-state index contributed by atoms with van der Waals surface area (Å²) in [6.45, 7) is 0. The van der Waals surface area contributed by atoms with Gasteiger partial charge in [-0.2, -0.15) is 0 Å². The third kappa shape index (κ3) is 3.71. The lowest BCUT2D eigenvalue weighted by Crippen LogP contribution is -2.10. The lowest BCUT2D eigenvalue weighted by molar-refractivity contribution is -0.112. The minimum Gasteiger partial charge on any atom is -0.383 e. The minimum atomic E-state index is -0.160. The zero-order chi connectivity index (χ0) is 10.4. The van der Waals surface area contributed by atoms with Crippen LogP contribution in [0.2, 0.25) is 0 Å². The summed E-state index contributed by atoms with van der Waals surface area (Å²) in [4.78, 5) is 16.9. The molecule has 1 N–H and O–H groups in total. The van der Waals surface area contributed by atoms with Crippen molar-refractivity contribution in [1.29, 1.82) is 0 Å². The van der Waals surface area contributed by atoms with Crippen LogP contribution in [0, 0.1) is 0 Å². The molecule has 1 aromatic rings. The van der Waals surface area contributed by atoms with Crippen LogP contribution < -0.4 is 5.32 Å². The van der Waals surface area contributed by atoms with E-state index in [4.69, 9.17) is 0 Å². The molecule has 0 saturated heterocycles. The molecule has 0 atom stereocenters. The van der Waals surface area contributed by atoms with Crippen LogP contribution >= 0.6 is 0 Å². The van der Waals surface area contributed by atoms with Gasteiger partial charge in [-0.25, -0.2) is 0 Å². The number of amides is 1. The first-order valence-corrected chi connectivity index (χ1v) is 4.24. The van der Waals surface area contributed by atoms with Crippen LogP contribution in [0.5, 0.6) is 0 Å². The number of anilines is 1. The Morgan fingerprint density at radius 3 is 2.93 bits per heavy atom. The Bertz CT molecular complexity index is 319. The van der Waals surface area contributed by atoms with Crippen molar-refractivity contribution in [2.45, 2.75) is 0 Å². The van der Waals surface area contributed by atoms with E-state index in [-0.39, 0.29) is 5.91 Å². The maximum absolute atomic E-state index is 11.3. The highest BCUT2D eigenvalue weighted by Crippen LogP contribution is 2.01. The number of rotatable bonds is 3. The molecule has 4 heteroatoms. The van der Waals surface area contributed by atoms with Crippen molar-refractivity contribution in [1.82, 2.24) is 9.88 Å². The molecule has 0 aliphatic rings. The number of hydrogen-bond donors (Lipinski definition) is 1. The van der Waals surface area contributed by atoms with E-state index < -0.39 is 0 Å². The Morgan fingerprint density at radius 2 is 2.36 bits per heavy atom. The topological polar surface area (TPSA) is 45.2 Å². The van der Waals surface area contributed by atoms with Crippen LogP contribution in [0.1, 0.15) is 0 Å². The number of carbonyl (C=O) groups is 1. The summed E-state index contributed by atoms with van der Waals surface area (Å²) in [7, 11) is 3.71. The van der Waals surface area contributed by atoms with Gasteiger partial charge in [0.1, 0.15) is 0 Å². The molecule has 0 bridgehead atoms. The molecule has 0 aliphatic carbocycles. The Hall–Kier alpha value is -1.84. The number of carbonyl (C=O) groups excluding carboxylic acids is 1. The number of hydrogen-bond acceptors (Lipinski definition) is 3. The van der Waals surface area contributed by atoms with Gasteiger partial charge < -0.3 is 10.2 Å². The van der Waals surface area contributed by atoms with Crippen LogP contribution in [-0.2, 0) is 4.79 Å². The predicted molar refractivity (Wildman–Crippen MR) is 55.7 cm³/mol. The van der Waals surface area contributed by atoms with Gasteiger partial charge in [-0.05, 0) is 12.1 Å². The van der Waals surface area contributed by atoms with Gasteiger partial charge >= 0.3 is 0 Å². The monoisotopic (exact) mass is 191 g/mol. The third-order valence-corrected chi connectivity index (χ3v) is 1.45. The first-order valence-electron chi connectivity index (χ1n) is 4.24. The van der Waals surface area contributed by atoms with Gasteiger partial charge in [-0.1, -0.05) is 0 Å². The molecule has 14 heavy (non-hydrogen) atoms. The van der Waals surface area contributed by atoms with Gasteiger partial charge in [0.2, 0.25) is 5.91 Å². The van der Waals surface area contributed by atoms with E-state index in [9.17, 15) is 4.79 Å². The predicted octanol–water partition coefficient (Wildman–Crippen LogP) is 1.10. The molecule has 1 rings (SSSR count). The molecular weight excluding hydrogens is 178 g/mol. The standard InChI is InChI=1S/C10H13N3O/c1-13(2)7-5-10(14)12-9-4-3-6-11-8-9/h3-8H,1-2H3,(H,12,14)/b7-5+. The molecule has 1 aromatic heterocycles. The van der Waals surface area contributed by atoms with Crippen LogP contribution in [0.15, 0.2) is 36.8 Å². The largest absolute Gasteiger partial charge is 0.383 e. The Morgan fingerprint density at radius 1 is 1.57 bits per heavy atom. The molecular formula is C10H13N3O. The van der Waals surface area contributed by atoms with Crippen LogP contribution in [0.3, 0.4) is 0 Å². The lowest BCUT2D eigenvalue weighted by atomic mass is 10.4. The van der Waals surface area contributed by atoms with E-state index in [2.05, 4.69) is 10.3 Å². The second-order valence-corrected chi connectivity index (χ2v) is 3.01. The SMILES string of the molecule is CN(C)/C=C/C(=O)Nc1cccnc1. The van der Waals surface area contributed by atoms with Gasteiger partial charge in [0.15, 0.2) is 0 Å².